The summed E-state index contributed by atoms with van der Waals surface area (Å²) < 4.78 is 5.29. The Morgan fingerprint density at radius 3 is 2.66 bits per heavy atom. The molecule has 2 aliphatic heterocycles. The lowest BCUT2D eigenvalue weighted by Crippen LogP contribution is -2.34. The fourth-order valence-corrected chi connectivity index (χ4v) is 4.05. The van der Waals surface area contributed by atoms with E-state index >= 15 is 0 Å². The highest BCUT2D eigenvalue weighted by Crippen LogP contribution is 2.30. The summed E-state index contributed by atoms with van der Waals surface area (Å²) in [5.41, 5.74) is 4.95. The molecule has 4 rings (SSSR count). The maximum atomic E-state index is 12.5. The first-order valence-corrected chi connectivity index (χ1v) is 9.87. The number of hydrogen-bond acceptors (Lipinski definition) is 4. The third kappa shape index (κ3) is 3.62. The zero-order chi connectivity index (χ0) is 20.5. The van der Waals surface area contributed by atoms with Gasteiger partial charge < -0.3 is 14.5 Å². The fourth-order valence-electron chi connectivity index (χ4n) is 4.05. The zero-order valence-electron chi connectivity index (χ0n) is 16.7. The predicted octanol–water partition coefficient (Wildman–Crippen LogP) is 2.79. The lowest BCUT2D eigenvalue weighted by Gasteiger charge is -2.20. The number of amides is 2. The third-order valence-electron chi connectivity index (χ3n) is 5.85. The molecule has 1 atom stereocenters. The summed E-state index contributed by atoms with van der Waals surface area (Å²) in [6, 6.07) is 13.5. The van der Waals surface area contributed by atoms with Crippen LogP contribution in [0.4, 0.5) is 11.4 Å². The second-order valence-corrected chi connectivity index (χ2v) is 7.66. The van der Waals surface area contributed by atoms with E-state index in [1.807, 2.05) is 56.3 Å². The van der Waals surface area contributed by atoms with Gasteiger partial charge in [-0.05, 0) is 49.1 Å². The lowest BCUT2D eigenvalue weighted by atomic mass is 10.1. The zero-order valence-corrected chi connectivity index (χ0v) is 16.7. The fraction of sp³-hybridized carbons (Fsp3) is 0.348. The van der Waals surface area contributed by atoms with Gasteiger partial charge in [-0.1, -0.05) is 30.3 Å². The van der Waals surface area contributed by atoms with Crippen LogP contribution in [0.5, 0.6) is 0 Å². The van der Waals surface area contributed by atoms with E-state index in [4.69, 9.17) is 4.74 Å². The number of carbonyl (C=O) groups is 3. The Labute approximate surface area is 170 Å². The van der Waals surface area contributed by atoms with Crippen LogP contribution in [0, 0.1) is 19.8 Å². The lowest BCUT2D eigenvalue weighted by molar-refractivity contribution is -0.151. The van der Waals surface area contributed by atoms with E-state index in [9.17, 15) is 14.4 Å². The van der Waals surface area contributed by atoms with Crippen molar-refractivity contribution < 1.29 is 19.1 Å². The van der Waals surface area contributed by atoms with Gasteiger partial charge in [0, 0.05) is 30.9 Å². The third-order valence-corrected chi connectivity index (χ3v) is 5.85. The molecular formula is C23H24N2O4. The summed E-state index contributed by atoms with van der Waals surface area (Å²) >= 11 is 0. The highest BCUT2D eigenvalue weighted by Gasteiger charge is 2.37. The molecule has 2 amide bonds. The quantitative estimate of drug-likeness (QED) is 0.751. The van der Waals surface area contributed by atoms with Crippen molar-refractivity contribution in [3.63, 3.8) is 0 Å². The molecule has 0 spiro atoms. The van der Waals surface area contributed by atoms with Crippen LogP contribution in [0.15, 0.2) is 42.5 Å². The molecule has 0 aliphatic carbocycles. The molecule has 6 nitrogen and oxygen atoms in total. The molecule has 2 aliphatic rings. The van der Waals surface area contributed by atoms with Gasteiger partial charge in [0.15, 0.2) is 6.61 Å². The molecule has 6 heteroatoms. The Morgan fingerprint density at radius 2 is 1.83 bits per heavy atom. The first-order chi connectivity index (χ1) is 14.0. The van der Waals surface area contributed by atoms with Crippen molar-refractivity contribution in [3.8, 4) is 0 Å². The van der Waals surface area contributed by atoms with Gasteiger partial charge in [0.2, 0.25) is 5.91 Å². The smallest absolute Gasteiger partial charge is 0.311 e. The molecular weight excluding hydrogens is 368 g/mol. The molecule has 2 aromatic carbocycles. The Hall–Kier alpha value is -3.15. The average Bonchev–Trinajstić information content (AvgIpc) is 3.32. The Bertz CT molecular complexity index is 985. The van der Waals surface area contributed by atoms with Gasteiger partial charge in [-0.2, -0.15) is 0 Å². The minimum Gasteiger partial charge on any atom is -0.455 e. The van der Waals surface area contributed by atoms with E-state index in [-0.39, 0.29) is 31.4 Å². The minimum atomic E-state index is -0.555. The summed E-state index contributed by atoms with van der Waals surface area (Å²) in [4.78, 5) is 40.8. The molecule has 0 saturated carbocycles. The number of para-hydroxylation sites is 1. The van der Waals surface area contributed by atoms with E-state index in [1.54, 1.807) is 9.80 Å². The van der Waals surface area contributed by atoms with Crippen molar-refractivity contribution in [1.29, 1.82) is 0 Å². The summed E-state index contributed by atoms with van der Waals surface area (Å²) in [7, 11) is 0. The van der Waals surface area contributed by atoms with Crippen LogP contribution in [0.2, 0.25) is 0 Å². The van der Waals surface area contributed by atoms with Crippen LogP contribution in [0.25, 0.3) is 0 Å². The van der Waals surface area contributed by atoms with Gasteiger partial charge in [-0.25, -0.2) is 0 Å². The Morgan fingerprint density at radius 1 is 1.07 bits per heavy atom. The summed E-state index contributed by atoms with van der Waals surface area (Å²) in [5.74, 6) is -1.38. The van der Waals surface area contributed by atoms with Crippen molar-refractivity contribution >= 4 is 29.2 Å². The van der Waals surface area contributed by atoms with Crippen molar-refractivity contribution in [2.75, 3.05) is 29.5 Å². The van der Waals surface area contributed by atoms with E-state index in [0.29, 0.717) is 6.54 Å². The largest absolute Gasteiger partial charge is 0.455 e. The SMILES string of the molecule is Cc1cccc(N2CC(C(=O)OCC(=O)N3CCc4ccccc43)CC2=O)c1C. The maximum Gasteiger partial charge on any atom is 0.311 e. The van der Waals surface area contributed by atoms with Crippen LogP contribution in [-0.4, -0.2) is 37.5 Å². The van der Waals surface area contributed by atoms with Crippen LogP contribution in [0.3, 0.4) is 0 Å². The van der Waals surface area contributed by atoms with E-state index in [2.05, 4.69) is 0 Å². The number of hydrogen-bond donors (Lipinski definition) is 0. The molecule has 2 aromatic rings. The summed E-state index contributed by atoms with van der Waals surface area (Å²) in [6.45, 7) is 4.53. The molecule has 29 heavy (non-hydrogen) atoms. The summed E-state index contributed by atoms with van der Waals surface area (Å²) in [5, 5.41) is 0. The van der Waals surface area contributed by atoms with E-state index in [1.165, 1.54) is 0 Å². The number of esters is 1. The summed E-state index contributed by atoms with van der Waals surface area (Å²) in [6.07, 6.45) is 0.907. The second-order valence-electron chi connectivity index (χ2n) is 7.66. The normalized spacial score (nSPS) is 18.1. The number of rotatable bonds is 4. The highest BCUT2D eigenvalue weighted by atomic mass is 16.5. The number of ether oxygens (including phenoxy) is 1. The van der Waals surface area contributed by atoms with Crippen molar-refractivity contribution in [2.45, 2.75) is 26.7 Å². The van der Waals surface area contributed by atoms with Crippen LogP contribution in [-0.2, 0) is 25.5 Å². The molecule has 1 saturated heterocycles. The number of carbonyl (C=O) groups excluding carboxylic acids is 3. The van der Waals surface area contributed by atoms with Gasteiger partial charge in [0.1, 0.15) is 0 Å². The van der Waals surface area contributed by atoms with Gasteiger partial charge in [-0.15, -0.1) is 0 Å². The predicted molar refractivity (Wildman–Crippen MR) is 110 cm³/mol. The van der Waals surface area contributed by atoms with Gasteiger partial charge in [0.25, 0.3) is 5.91 Å². The number of benzene rings is 2. The maximum absolute atomic E-state index is 12.5. The first-order valence-electron chi connectivity index (χ1n) is 9.87. The van der Waals surface area contributed by atoms with Crippen LogP contribution >= 0.6 is 0 Å². The number of fused-ring (bicyclic) bond motifs is 1. The van der Waals surface area contributed by atoms with E-state index in [0.717, 1.165) is 34.5 Å². The van der Waals surface area contributed by atoms with Crippen molar-refractivity contribution in [1.82, 2.24) is 0 Å². The van der Waals surface area contributed by atoms with Gasteiger partial charge >= 0.3 is 5.97 Å². The molecule has 2 heterocycles. The highest BCUT2D eigenvalue weighted by molar-refractivity contribution is 6.01. The Balaban J connectivity index is 1.37. The molecule has 150 valence electrons. The van der Waals surface area contributed by atoms with Gasteiger partial charge in [-0.3, -0.25) is 14.4 Å². The van der Waals surface area contributed by atoms with Crippen molar-refractivity contribution in [2.24, 2.45) is 5.92 Å². The number of aryl methyl sites for hydroxylation is 1. The molecule has 0 radical (unpaired) electrons. The Kier molecular flexibility index (Phi) is 5.09. The topological polar surface area (TPSA) is 66.9 Å². The second kappa shape index (κ2) is 7.70. The van der Waals surface area contributed by atoms with Crippen LogP contribution in [0.1, 0.15) is 23.1 Å². The molecule has 0 bridgehead atoms. The van der Waals surface area contributed by atoms with Crippen molar-refractivity contribution in [3.05, 3.63) is 59.2 Å². The molecule has 0 N–H and O–H groups in total. The minimum absolute atomic E-state index is 0.0968. The standard InChI is InChI=1S/C23H24N2O4/c1-15-6-5-9-19(16(15)2)25-13-18(12-21(25)26)23(28)29-14-22(27)24-11-10-17-7-3-4-8-20(17)24/h3-9,18H,10-14H2,1-2H3. The molecule has 1 fully saturated rings. The van der Waals surface area contributed by atoms with E-state index < -0.39 is 11.9 Å². The number of nitrogens with zero attached hydrogens (tertiary/aromatic N) is 2. The van der Waals surface area contributed by atoms with Gasteiger partial charge in [0.05, 0.1) is 5.92 Å². The number of anilines is 2. The first kappa shape index (κ1) is 19.2. The monoisotopic (exact) mass is 392 g/mol. The molecule has 1 unspecified atom stereocenters. The average molecular weight is 392 g/mol. The van der Waals surface area contributed by atoms with Crippen LogP contribution < -0.4 is 9.80 Å². The molecule has 0 aromatic heterocycles.